The molecule has 0 saturated carbocycles. The van der Waals surface area contributed by atoms with Gasteiger partial charge in [-0.3, -0.25) is 0 Å². The van der Waals surface area contributed by atoms with Crippen molar-refractivity contribution in [3.8, 4) is 11.5 Å². The Labute approximate surface area is 150 Å². The first-order chi connectivity index (χ1) is 10.8. The number of aromatic hydroxyl groups is 1. The summed E-state index contributed by atoms with van der Waals surface area (Å²) in [5.74, 6) is 0.421. The van der Waals surface area contributed by atoms with Crippen LogP contribution in [0.15, 0.2) is 36.4 Å². The minimum absolute atomic E-state index is 0. The highest BCUT2D eigenvalue weighted by Gasteiger charge is 2.19. The summed E-state index contributed by atoms with van der Waals surface area (Å²) in [6.07, 6.45) is 0. The smallest absolute Gasteiger partial charge is 0.492 e. The highest BCUT2D eigenvalue weighted by atomic mass is 16.5. The van der Waals surface area contributed by atoms with Crippen molar-refractivity contribution >= 4 is 25.2 Å². The van der Waals surface area contributed by atoms with Crippen LogP contribution >= 0.6 is 0 Å². The normalized spacial score (nSPS) is 8.92. The van der Waals surface area contributed by atoms with Crippen molar-refractivity contribution in [2.45, 2.75) is 28.7 Å². The van der Waals surface area contributed by atoms with Crippen LogP contribution in [-0.4, -0.2) is 46.5 Å². The largest absolute Gasteiger partial charge is 0.508 e. The van der Waals surface area contributed by atoms with E-state index < -0.39 is 14.2 Å². The SMILES string of the molecule is C.C.COc1cccc(C)c1B(O)O.Cc1cccc(O)c1B(O)O. The van der Waals surface area contributed by atoms with Crippen LogP contribution in [-0.2, 0) is 0 Å². The van der Waals surface area contributed by atoms with Gasteiger partial charge in [-0.25, -0.2) is 0 Å². The van der Waals surface area contributed by atoms with Crippen molar-refractivity contribution in [2.75, 3.05) is 7.11 Å². The molecule has 25 heavy (non-hydrogen) atoms. The molecule has 0 spiro atoms. The second-order valence-electron chi connectivity index (χ2n) is 4.95. The molecule has 0 aliphatic carbocycles. The van der Waals surface area contributed by atoms with E-state index in [0.29, 0.717) is 16.8 Å². The first-order valence-corrected chi connectivity index (χ1v) is 6.93. The van der Waals surface area contributed by atoms with Gasteiger partial charge in [0.25, 0.3) is 0 Å². The van der Waals surface area contributed by atoms with Crippen molar-refractivity contribution < 1.29 is 29.9 Å². The molecular formula is C17H28B2O6. The van der Waals surface area contributed by atoms with E-state index in [-0.39, 0.29) is 26.1 Å². The molecule has 0 aliphatic heterocycles. The fourth-order valence-corrected chi connectivity index (χ4v) is 2.16. The van der Waals surface area contributed by atoms with Crippen molar-refractivity contribution in [3.05, 3.63) is 47.5 Å². The second-order valence-corrected chi connectivity index (χ2v) is 4.95. The zero-order valence-corrected chi connectivity index (χ0v) is 13.3. The summed E-state index contributed by atoms with van der Waals surface area (Å²) in [6, 6.07) is 10.1. The van der Waals surface area contributed by atoms with Gasteiger partial charge in [-0.1, -0.05) is 39.1 Å². The van der Waals surface area contributed by atoms with Crippen LogP contribution in [0.4, 0.5) is 0 Å². The molecule has 5 N–H and O–H groups in total. The lowest BCUT2D eigenvalue weighted by Crippen LogP contribution is -2.33. The minimum Gasteiger partial charge on any atom is -0.508 e. The molecule has 0 saturated heterocycles. The molecule has 0 atom stereocenters. The average molecular weight is 350 g/mol. The first-order valence-electron chi connectivity index (χ1n) is 6.93. The predicted octanol–water partition coefficient (Wildman–Crippen LogP) is 0.336. The zero-order valence-electron chi connectivity index (χ0n) is 13.3. The Morgan fingerprint density at radius 2 is 1.20 bits per heavy atom. The van der Waals surface area contributed by atoms with Crippen molar-refractivity contribution in [1.29, 1.82) is 0 Å². The highest BCUT2D eigenvalue weighted by Crippen LogP contribution is 2.09. The molecule has 0 aromatic heterocycles. The van der Waals surface area contributed by atoms with Gasteiger partial charge < -0.3 is 29.9 Å². The lowest BCUT2D eigenvalue weighted by Gasteiger charge is -2.09. The van der Waals surface area contributed by atoms with E-state index in [1.165, 1.54) is 13.2 Å². The third kappa shape index (κ3) is 6.80. The average Bonchev–Trinajstić information content (AvgIpc) is 2.46. The van der Waals surface area contributed by atoms with Gasteiger partial charge in [-0.2, -0.15) is 0 Å². The number of methoxy groups -OCH3 is 1. The number of aryl methyl sites for hydroxylation is 2. The van der Waals surface area contributed by atoms with Gasteiger partial charge >= 0.3 is 14.2 Å². The van der Waals surface area contributed by atoms with Crippen LogP contribution in [0, 0.1) is 13.8 Å². The molecule has 0 aliphatic rings. The van der Waals surface area contributed by atoms with Crippen LogP contribution < -0.4 is 15.7 Å². The standard InChI is InChI=1S/C8H11BO3.C7H9BO3.2CH4/c1-6-4-3-5-7(12-2)8(6)9(10)11;1-5-3-2-4-6(9)7(5)8(10)11;;/h3-5,10-11H,1-2H3;2-4,9-11H,1H3;2*1H4. The number of phenols is 1. The van der Waals surface area contributed by atoms with E-state index >= 15 is 0 Å². The van der Waals surface area contributed by atoms with Gasteiger partial charge in [0.05, 0.1) is 7.11 Å². The molecule has 0 fully saturated rings. The van der Waals surface area contributed by atoms with Crippen LogP contribution in [0.2, 0.25) is 0 Å². The Kier molecular flexibility index (Phi) is 11.7. The van der Waals surface area contributed by atoms with Crippen LogP contribution in [0.25, 0.3) is 0 Å². The summed E-state index contributed by atoms with van der Waals surface area (Å²) in [5, 5.41) is 44.7. The van der Waals surface area contributed by atoms with Crippen molar-refractivity contribution in [3.63, 3.8) is 0 Å². The molecule has 0 radical (unpaired) electrons. The monoisotopic (exact) mass is 350 g/mol. The van der Waals surface area contributed by atoms with Gasteiger partial charge in [0.15, 0.2) is 0 Å². The third-order valence-electron chi connectivity index (χ3n) is 3.32. The van der Waals surface area contributed by atoms with E-state index in [4.69, 9.17) is 29.9 Å². The third-order valence-corrected chi connectivity index (χ3v) is 3.32. The molecular weight excluding hydrogens is 322 g/mol. The Bertz CT molecular complexity index is 627. The number of hydrogen-bond donors (Lipinski definition) is 5. The summed E-state index contributed by atoms with van der Waals surface area (Å²) in [6.45, 7) is 3.51. The molecule has 2 aromatic carbocycles. The summed E-state index contributed by atoms with van der Waals surface area (Å²) in [5.41, 5.74) is 2.08. The Balaban J connectivity index is 0. The minimum atomic E-state index is -1.60. The number of rotatable bonds is 3. The molecule has 2 rings (SSSR count). The number of ether oxygens (including phenoxy) is 1. The second kappa shape index (κ2) is 11.5. The van der Waals surface area contributed by atoms with Gasteiger partial charge in [0.2, 0.25) is 0 Å². The van der Waals surface area contributed by atoms with E-state index in [2.05, 4.69) is 0 Å². The van der Waals surface area contributed by atoms with E-state index in [0.717, 1.165) is 5.56 Å². The van der Waals surface area contributed by atoms with Gasteiger partial charge in [0.1, 0.15) is 11.5 Å². The maximum absolute atomic E-state index is 9.14. The molecule has 6 nitrogen and oxygen atoms in total. The highest BCUT2D eigenvalue weighted by molar-refractivity contribution is 6.60. The lowest BCUT2D eigenvalue weighted by molar-refractivity contribution is 0.402. The summed E-state index contributed by atoms with van der Waals surface area (Å²) in [4.78, 5) is 0. The first kappa shape index (κ1) is 25.3. The Hall–Kier alpha value is -1.99. The van der Waals surface area contributed by atoms with E-state index in [1.807, 2.05) is 0 Å². The predicted molar refractivity (Wildman–Crippen MR) is 104 cm³/mol. The topological polar surface area (TPSA) is 110 Å². The van der Waals surface area contributed by atoms with Gasteiger partial charge in [-0.05, 0) is 37.1 Å². The van der Waals surface area contributed by atoms with Crippen LogP contribution in [0.1, 0.15) is 26.0 Å². The summed E-state index contributed by atoms with van der Waals surface area (Å²) >= 11 is 0. The summed E-state index contributed by atoms with van der Waals surface area (Å²) in [7, 11) is -1.57. The number of phenolic OH excluding ortho intramolecular Hbond substituents is 1. The van der Waals surface area contributed by atoms with Gasteiger partial charge in [-0.15, -0.1) is 0 Å². The maximum Gasteiger partial charge on any atom is 0.492 e. The maximum atomic E-state index is 9.14. The fourth-order valence-electron chi connectivity index (χ4n) is 2.16. The lowest BCUT2D eigenvalue weighted by atomic mass is 9.76. The van der Waals surface area contributed by atoms with Crippen LogP contribution in [0.5, 0.6) is 11.5 Å². The Morgan fingerprint density at radius 1 is 0.760 bits per heavy atom. The van der Waals surface area contributed by atoms with E-state index in [9.17, 15) is 0 Å². The number of hydrogen-bond acceptors (Lipinski definition) is 6. The van der Waals surface area contributed by atoms with E-state index in [1.54, 1.807) is 44.2 Å². The molecule has 138 valence electrons. The number of benzene rings is 2. The molecule has 0 heterocycles. The molecule has 8 heteroatoms. The molecule has 0 bridgehead atoms. The zero-order chi connectivity index (χ0) is 17.6. The molecule has 0 unspecified atom stereocenters. The fraction of sp³-hybridized carbons (Fsp3) is 0.294. The Morgan fingerprint density at radius 3 is 1.52 bits per heavy atom. The quantitative estimate of drug-likeness (QED) is 0.511. The van der Waals surface area contributed by atoms with Crippen molar-refractivity contribution in [2.24, 2.45) is 0 Å². The summed E-state index contributed by atoms with van der Waals surface area (Å²) < 4.78 is 4.97. The van der Waals surface area contributed by atoms with Gasteiger partial charge in [0, 0.05) is 10.9 Å². The molecule has 2 aromatic rings. The van der Waals surface area contributed by atoms with Crippen LogP contribution in [0.3, 0.4) is 0 Å². The molecule has 0 amide bonds. The van der Waals surface area contributed by atoms with Crippen molar-refractivity contribution in [1.82, 2.24) is 0 Å².